The van der Waals surface area contributed by atoms with E-state index in [0.29, 0.717) is 31.1 Å². The predicted molar refractivity (Wildman–Crippen MR) is 127 cm³/mol. The molecule has 0 aliphatic carbocycles. The summed E-state index contributed by atoms with van der Waals surface area (Å²) in [6.07, 6.45) is 0.984. The number of carbonyl (C=O) groups is 4. The van der Waals surface area contributed by atoms with Crippen molar-refractivity contribution in [3.8, 4) is 0 Å². The summed E-state index contributed by atoms with van der Waals surface area (Å²) in [5.74, 6) is -2.17. The monoisotopic (exact) mass is 493 g/mol. The molecule has 1 aliphatic heterocycles. The van der Waals surface area contributed by atoms with E-state index in [1.165, 1.54) is 11.3 Å². The van der Waals surface area contributed by atoms with E-state index in [1.807, 2.05) is 25.7 Å². The second-order valence-corrected chi connectivity index (χ2v) is 9.35. The average Bonchev–Trinajstić information content (AvgIpc) is 3.23. The zero-order valence-electron chi connectivity index (χ0n) is 19.9. The molecule has 3 amide bonds. The van der Waals surface area contributed by atoms with Gasteiger partial charge in [-0.25, -0.2) is 14.6 Å². The van der Waals surface area contributed by atoms with E-state index in [9.17, 15) is 19.2 Å². The SMILES string of the molecule is C=C(NC(=O)c1csc(N2CCC(NC(=O)OC(C)(C)C)CC2)n1)C(=O)NC(=C)C(=O)OCC. The number of nitrogens with one attached hydrogen (secondary N) is 3. The predicted octanol–water partition coefficient (Wildman–Crippen LogP) is 2.07. The molecule has 12 heteroatoms. The van der Waals surface area contributed by atoms with Crippen molar-refractivity contribution in [1.82, 2.24) is 20.9 Å². The summed E-state index contributed by atoms with van der Waals surface area (Å²) >= 11 is 1.30. The molecule has 11 nitrogen and oxygen atoms in total. The molecule has 1 saturated heterocycles. The number of carbonyl (C=O) groups excluding carboxylic acids is 4. The Hall–Kier alpha value is -3.41. The van der Waals surface area contributed by atoms with Crippen molar-refractivity contribution in [3.05, 3.63) is 35.6 Å². The molecule has 2 heterocycles. The highest BCUT2D eigenvalue weighted by Gasteiger charge is 2.26. The molecule has 0 bridgehead atoms. The minimum atomic E-state index is -0.790. The quantitative estimate of drug-likeness (QED) is 0.370. The van der Waals surface area contributed by atoms with Crippen LogP contribution in [0.25, 0.3) is 0 Å². The Kier molecular flexibility index (Phi) is 9.19. The molecule has 1 aliphatic rings. The van der Waals surface area contributed by atoms with E-state index >= 15 is 0 Å². The Morgan fingerprint density at radius 2 is 1.79 bits per heavy atom. The topological polar surface area (TPSA) is 139 Å². The highest BCUT2D eigenvalue weighted by Crippen LogP contribution is 2.24. The number of piperidine rings is 1. The summed E-state index contributed by atoms with van der Waals surface area (Å²) in [4.78, 5) is 54.4. The number of nitrogens with zero attached hydrogens (tertiary/aromatic N) is 2. The van der Waals surface area contributed by atoms with Crippen LogP contribution in [-0.4, -0.2) is 60.2 Å². The molecule has 34 heavy (non-hydrogen) atoms. The van der Waals surface area contributed by atoms with Crippen molar-refractivity contribution in [2.45, 2.75) is 52.2 Å². The minimum absolute atomic E-state index is 0.0000248. The van der Waals surface area contributed by atoms with Crippen LogP contribution in [0.2, 0.25) is 0 Å². The third kappa shape index (κ3) is 8.18. The third-order valence-corrected chi connectivity index (χ3v) is 5.44. The van der Waals surface area contributed by atoms with Crippen LogP contribution in [0.15, 0.2) is 29.9 Å². The van der Waals surface area contributed by atoms with E-state index in [0.717, 1.165) is 0 Å². The molecule has 0 spiro atoms. The first-order valence-corrected chi connectivity index (χ1v) is 11.6. The zero-order chi connectivity index (χ0) is 25.5. The van der Waals surface area contributed by atoms with Crippen LogP contribution in [0.4, 0.5) is 9.93 Å². The third-order valence-electron chi connectivity index (χ3n) is 4.54. The number of ether oxygens (including phenoxy) is 2. The molecule has 1 aromatic heterocycles. The molecule has 186 valence electrons. The number of thiazole rings is 1. The fourth-order valence-electron chi connectivity index (χ4n) is 2.94. The first-order valence-electron chi connectivity index (χ1n) is 10.8. The molecular weight excluding hydrogens is 462 g/mol. The van der Waals surface area contributed by atoms with Gasteiger partial charge in [0.05, 0.1) is 12.3 Å². The molecule has 0 unspecified atom stereocenters. The molecule has 0 atom stereocenters. The van der Waals surface area contributed by atoms with Crippen molar-refractivity contribution in [1.29, 1.82) is 0 Å². The summed E-state index contributed by atoms with van der Waals surface area (Å²) in [5.41, 5.74) is -0.947. The smallest absolute Gasteiger partial charge is 0.407 e. The second-order valence-electron chi connectivity index (χ2n) is 8.51. The maximum atomic E-state index is 12.5. The normalized spacial score (nSPS) is 14.1. The largest absolute Gasteiger partial charge is 0.461 e. The molecule has 2 rings (SSSR count). The van der Waals surface area contributed by atoms with E-state index < -0.39 is 29.5 Å². The number of esters is 1. The fourth-order valence-corrected chi connectivity index (χ4v) is 3.80. The van der Waals surface area contributed by atoms with Gasteiger partial charge in [0.1, 0.15) is 17.0 Å². The van der Waals surface area contributed by atoms with Gasteiger partial charge >= 0.3 is 12.1 Å². The highest BCUT2D eigenvalue weighted by molar-refractivity contribution is 7.13. The van der Waals surface area contributed by atoms with Crippen LogP contribution in [0.5, 0.6) is 0 Å². The van der Waals surface area contributed by atoms with Crippen LogP contribution in [0.3, 0.4) is 0 Å². The molecule has 0 radical (unpaired) electrons. The van der Waals surface area contributed by atoms with E-state index in [1.54, 1.807) is 12.3 Å². The van der Waals surface area contributed by atoms with Gasteiger partial charge in [-0.1, -0.05) is 13.2 Å². The van der Waals surface area contributed by atoms with Crippen molar-refractivity contribution >= 4 is 40.3 Å². The van der Waals surface area contributed by atoms with E-state index in [4.69, 9.17) is 9.47 Å². The number of aromatic nitrogens is 1. The van der Waals surface area contributed by atoms with Gasteiger partial charge in [0.15, 0.2) is 5.13 Å². The van der Waals surface area contributed by atoms with E-state index in [2.05, 4.69) is 34.1 Å². The number of rotatable bonds is 8. The van der Waals surface area contributed by atoms with Crippen LogP contribution in [0, 0.1) is 0 Å². The van der Waals surface area contributed by atoms with Gasteiger partial charge in [-0.15, -0.1) is 11.3 Å². The number of hydrogen-bond acceptors (Lipinski definition) is 9. The molecule has 0 aromatic carbocycles. The fraction of sp³-hybridized carbons (Fsp3) is 0.500. The van der Waals surface area contributed by atoms with Gasteiger partial charge in [-0.3, -0.25) is 9.59 Å². The van der Waals surface area contributed by atoms with Gasteiger partial charge in [0.25, 0.3) is 11.8 Å². The maximum absolute atomic E-state index is 12.5. The Bertz CT molecular complexity index is 959. The lowest BCUT2D eigenvalue weighted by Crippen LogP contribution is -2.46. The molecule has 0 saturated carbocycles. The lowest BCUT2D eigenvalue weighted by molar-refractivity contribution is -0.139. The molecule has 1 aromatic rings. The first kappa shape index (κ1) is 26.8. The van der Waals surface area contributed by atoms with Crippen LogP contribution >= 0.6 is 11.3 Å². The van der Waals surface area contributed by atoms with E-state index in [-0.39, 0.29) is 29.7 Å². The van der Waals surface area contributed by atoms with Gasteiger partial charge in [-0.05, 0) is 40.5 Å². The van der Waals surface area contributed by atoms with Crippen molar-refractivity contribution in [3.63, 3.8) is 0 Å². The Morgan fingerprint density at radius 3 is 2.38 bits per heavy atom. The summed E-state index contributed by atoms with van der Waals surface area (Å²) < 4.78 is 10.0. The number of amides is 3. The van der Waals surface area contributed by atoms with Crippen molar-refractivity contribution in [2.75, 3.05) is 24.6 Å². The minimum Gasteiger partial charge on any atom is -0.461 e. The maximum Gasteiger partial charge on any atom is 0.407 e. The lowest BCUT2D eigenvalue weighted by Gasteiger charge is -2.32. The van der Waals surface area contributed by atoms with Gasteiger partial charge in [-0.2, -0.15) is 0 Å². The Labute approximate surface area is 202 Å². The van der Waals surface area contributed by atoms with Gasteiger partial charge in [0.2, 0.25) is 0 Å². The summed E-state index contributed by atoms with van der Waals surface area (Å²) in [6.45, 7) is 15.4. The van der Waals surface area contributed by atoms with Crippen molar-refractivity contribution in [2.24, 2.45) is 0 Å². The standard InChI is InChI=1S/C22H31N5O6S/c1-7-32-19(30)14(3)24-17(28)13(2)23-18(29)16-12-34-20(26-16)27-10-8-15(9-11-27)25-21(31)33-22(4,5)6/h12,15H,2-3,7-11H2,1,4-6H3,(H,23,29)(H,24,28)(H,25,31). The van der Waals surface area contributed by atoms with Crippen molar-refractivity contribution < 1.29 is 28.7 Å². The Morgan fingerprint density at radius 1 is 1.15 bits per heavy atom. The summed E-state index contributed by atoms with van der Waals surface area (Å²) in [6, 6.07) is 0.0000248. The number of alkyl carbamates (subject to hydrolysis) is 1. The summed E-state index contributed by atoms with van der Waals surface area (Å²) in [7, 11) is 0. The lowest BCUT2D eigenvalue weighted by atomic mass is 10.1. The van der Waals surface area contributed by atoms with Gasteiger partial charge in [0, 0.05) is 24.5 Å². The number of hydrogen-bond donors (Lipinski definition) is 3. The Balaban J connectivity index is 1.84. The average molecular weight is 494 g/mol. The first-order chi connectivity index (χ1) is 15.9. The van der Waals surface area contributed by atoms with Crippen LogP contribution < -0.4 is 20.9 Å². The molecule has 3 N–H and O–H groups in total. The zero-order valence-corrected chi connectivity index (χ0v) is 20.7. The highest BCUT2D eigenvalue weighted by atomic mass is 32.1. The molecular formula is C22H31N5O6S. The second kappa shape index (κ2) is 11.6. The van der Waals surface area contributed by atoms with Crippen LogP contribution in [-0.2, 0) is 19.1 Å². The molecule has 1 fully saturated rings. The summed E-state index contributed by atoms with van der Waals surface area (Å²) in [5, 5.41) is 9.70. The van der Waals surface area contributed by atoms with Crippen LogP contribution in [0.1, 0.15) is 51.0 Å². The van der Waals surface area contributed by atoms with Gasteiger partial charge < -0.3 is 30.3 Å². The number of anilines is 1.